The lowest BCUT2D eigenvalue weighted by Gasteiger charge is -2.28. The molecule has 8 nitrogen and oxygen atoms in total. The molecule has 0 aliphatic carbocycles. The molecule has 0 spiro atoms. The number of anilines is 1. The number of aromatic hydroxyl groups is 1. The van der Waals surface area contributed by atoms with Crippen molar-refractivity contribution in [2.45, 2.75) is 78.7 Å². The van der Waals surface area contributed by atoms with Crippen molar-refractivity contribution in [3.8, 4) is 17.2 Å². The molecule has 0 bridgehead atoms. The van der Waals surface area contributed by atoms with E-state index in [1.165, 1.54) is 25.2 Å². The number of hydrogen-bond donors (Lipinski definition) is 1. The summed E-state index contributed by atoms with van der Waals surface area (Å²) in [7, 11) is 1.41. The number of amides is 1. The highest BCUT2D eigenvalue weighted by Gasteiger charge is 2.29. The Kier molecular flexibility index (Phi) is 7.26. The molecule has 1 N–H and O–H groups in total. The Morgan fingerprint density at radius 3 is 1.82 bits per heavy atom. The summed E-state index contributed by atoms with van der Waals surface area (Å²) >= 11 is 0. The molecular formula is C26H36N2O6. The van der Waals surface area contributed by atoms with Gasteiger partial charge in [-0.1, -0.05) is 41.5 Å². The molecular weight excluding hydrogens is 436 g/mol. The van der Waals surface area contributed by atoms with E-state index in [9.17, 15) is 20.0 Å². The Labute approximate surface area is 201 Å². The minimum absolute atomic E-state index is 0.0441. The second kappa shape index (κ2) is 9.16. The number of hydrogen-bond acceptors (Lipinski definition) is 6. The third-order valence-electron chi connectivity index (χ3n) is 5.11. The highest BCUT2D eigenvalue weighted by atomic mass is 16.6. The van der Waals surface area contributed by atoms with E-state index in [2.05, 4.69) is 0 Å². The number of nitro benzene ring substituents is 1. The van der Waals surface area contributed by atoms with Crippen molar-refractivity contribution in [1.29, 1.82) is 0 Å². The summed E-state index contributed by atoms with van der Waals surface area (Å²) in [6.45, 7) is 17.1. The summed E-state index contributed by atoms with van der Waals surface area (Å²) in [6, 6.07) is 7.74. The highest BCUT2D eigenvalue weighted by molar-refractivity contribution is 5.90. The van der Waals surface area contributed by atoms with Gasteiger partial charge in [0.15, 0.2) is 0 Å². The molecule has 34 heavy (non-hydrogen) atoms. The van der Waals surface area contributed by atoms with Crippen LogP contribution in [0.25, 0.3) is 0 Å². The van der Waals surface area contributed by atoms with Gasteiger partial charge >= 0.3 is 6.09 Å². The van der Waals surface area contributed by atoms with Gasteiger partial charge in [0.05, 0.1) is 4.92 Å². The van der Waals surface area contributed by atoms with E-state index in [-0.39, 0.29) is 28.0 Å². The molecule has 8 heteroatoms. The van der Waals surface area contributed by atoms with Crippen LogP contribution in [-0.4, -0.2) is 28.8 Å². The molecule has 0 saturated heterocycles. The van der Waals surface area contributed by atoms with Gasteiger partial charge in [-0.25, -0.2) is 4.79 Å². The largest absolute Gasteiger partial charge is 0.507 e. The first-order valence-electron chi connectivity index (χ1n) is 11.1. The van der Waals surface area contributed by atoms with E-state index in [0.717, 1.165) is 16.0 Å². The Hall–Kier alpha value is -3.29. The van der Waals surface area contributed by atoms with Crippen molar-refractivity contribution < 1.29 is 24.3 Å². The van der Waals surface area contributed by atoms with Gasteiger partial charge in [-0.05, 0) is 49.8 Å². The summed E-state index contributed by atoms with van der Waals surface area (Å²) in [5.41, 5.74) is -0.208. The van der Waals surface area contributed by atoms with Crippen LogP contribution in [0.4, 0.5) is 16.2 Å². The number of rotatable bonds is 4. The van der Waals surface area contributed by atoms with Crippen LogP contribution >= 0.6 is 0 Å². The van der Waals surface area contributed by atoms with Crippen LogP contribution in [0.2, 0.25) is 0 Å². The third-order valence-corrected chi connectivity index (χ3v) is 5.11. The average Bonchev–Trinajstić information content (AvgIpc) is 2.65. The standard InChI is InChI=1S/C26H36N2O6/c1-24(2,3)18-13-17(14-19(22(18)29)25(4,5)6)33-16-11-12-20(28(31)32)21(15-16)27(10)23(30)34-26(7,8)9/h11-15,29H,1-10H3. The van der Waals surface area contributed by atoms with E-state index >= 15 is 0 Å². The third kappa shape index (κ3) is 6.40. The molecule has 186 valence electrons. The molecule has 0 radical (unpaired) electrons. The van der Waals surface area contributed by atoms with Crippen molar-refractivity contribution in [3.05, 3.63) is 51.6 Å². The first-order chi connectivity index (χ1) is 15.3. The van der Waals surface area contributed by atoms with Gasteiger partial charge in [0.1, 0.15) is 28.5 Å². The predicted octanol–water partition coefficient (Wildman–Crippen LogP) is 7.06. The van der Waals surface area contributed by atoms with Gasteiger partial charge in [-0.3, -0.25) is 15.0 Å². The molecule has 0 aliphatic heterocycles. The van der Waals surface area contributed by atoms with Crippen LogP contribution in [0.15, 0.2) is 30.3 Å². The lowest BCUT2D eigenvalue weighted by molar-refractivity contribution is -0.384. The number of phenolic OH excluding ortho intramolecular Hbond substituents is 1. The van der Waals surface area contributed by atoms with Crippen molar-refractivity contribution in [2.24, 2.45) is 0 Å². The lowest BCUT2D eigenvalue weighted by atomic mass is 9.79. The molecule has 0 saturated carbocycles. The minimum Gasteiger partial charge on any atom is -0.507 e. The summed E-state index contributed by atoms with van der Waals surface area (Å²) in [5, 5.41) is 22.5. The predicted molar refractivity (Wildman–Crippen MR) is 133 cm³/mol. The molecule has 0 heterocycles. The fraction of sp³-hybridized carbons (Fsp3) is 0.500. The van der Waals surface area contributed by atoms with Crippen LogP contribution in [-0.2, 0) is 15.6 Å². The van der Waals surface area contributed by atoms with E-state index in [0.29, 0.717) is 11.5 Å². The van der Waals surface area contributed by atoms with Crippen molar-refractivity contribution in [2.75, 3.05) is 11.9 Å². The fourth-order valence-corrected chi connectivity index (χ4v) is 3.36. The zero-order valence-corrected chi connectivity index (χ0v) is 21.8. The maximum atomic E-state index is 12.6. The zero-order valence-electron chi connectivity index (χ0n) is 21.8. The summed E-state index contributed by atoms with van der Waals surface area (Å²) in [4.78, 5) is 24.7. The molecule has 2 rings (SSSR count). The van der Waals surface area contributed by atoms with E-state index in [1.54, 1.807) is 32.9 Å². The van der Waals surface area contributed by atoms with E-state index in [1.807, 2.05) is 41.5 Å². The smallest absolute Gasteiger partial charge is 0.414 e. The maximum absolute atomic E-state index is 12.6. The topological polar surface area (TPSA) is 102 Å². The Morgan fingerprint density at radius 1 is 0.912 bits per heavy atom. The molecule has 1 amide bonds. The second-order valence-electron chi connectivity index (χ2n) is 11.4. The molecule has 0 aromatic heterocycles. The van der Waals surface area contributed by atoms with E-state index in [4.69, 9.17) is 9.47 Å². The zero-order chi connectivity index (χ0) is 26.2. The number of ether oxygens (including phenoxy) is 2. The monoisotopic (exact) mass is 472 g/mol. The molecule has 0 aliphatic rings. The van der Waals surface area contributed by atoms with Crippen molar-refractivity contribution >= 4 is 17.5 Å². The maximum Gasteiger partial charge on any atom is 0.414 e. The van der Waals surface area contributed by atoms with Gasteiger partial charge in [0, 0.05) is 30.3 Å². The molecule has 0 fully saturated rings. The van der Waals surface area contributed by atoms with Crippen LogP contribution in [0.1, 0.15) is 73.4 Å². The first kappa shape index (κ1) is 27.0. The van der Waals surface area contributed by atoms with Crippen molar-refractivity contribution in [3.63, 3.8) is 0 Å². The van der Waals surface area contributed by atoms with Gasteiger partial charge in [0.25, 0.3) is 5.69 Å². The second-order valence-corrected chi connectivity index (χ2v) is 11.4. The van der Waals surface area contributed by atoms with Crippen LogP contribution in [0, 0.1) is 10.1 Å². The molecule has 2 aromatic carbocycles. The lowest BCUT2D eigenvalue weighted by Crippen LogP contribution is -2.34. The van der Waals surface area contributed by atoms with Crippen LogP contribution in [0.5, 0.6) is 17.2 Å². The number of nitrogens with zero attached hydrogens (tertiary/aromatic N) is 2. The SMILES string of the molecule is CN(C(=O)OC(C)(C)C)c1cc(Oc2cc(C(C)(C)C)c(O)c(C(C)(C)C)c2)ccc1[N+](=O)[O-]. The summed E-state index contributed by atoms with van der Waals surface area (Å²) < 4.78 is 11.5. The molecule has 0 unspecified atom stereocenters. The highest BCUT2D eigenvalue weighted by Crippen LogP contribution is 2.43. The Balaban J connectivity index is 2.57. The molecule has 2 aromatic rings. The number of benzene rings is 2. The van der Waals surface area contributed by atoms with Gasteiger partial charge in [-0.2, -0.15) is 0 Å². The minimum atomic E-state index is -0.757. The first-order valence-corrected chi connectivity index (χ1v) is 11.1. The van der Waals surface area contributed by atoms with Gasteiger partial charge < -0.3 is 14.6 Å². The fourth-order valence-electron chi connectivity index (χ4n) is 3.36. The van der Waals surface area contributed by atoms with Crippen LogP contribution in [0.3, 0.4) is 0 Å². The van der Waals surface area contributed by atoms with Crippen LogP contribution < -0.4 is 9.64 Å². The number of carbonyl (C=O) groups is 1. The summed E-state index contributed by atoms with van der Waals surface area (Å²) in [5.74, 6) is 1.01. The van der Waals surface area contributed by atoms with Crippen molar-refractivity contribution in [1.82, 2.24) is 0 Å². The quantitative estimate of drug-likeness (QED) is 0.377. The molecule has 0 atom stereocenters. The van der Waals surface area contributed by atoms with E-state index < -0.39 is 16.6 Å². The Morgan fingerprint density at radius 2 is 1.41 bits per heavy atom. The Bertz CT molecular complexity index is 1050. The summed E-state index contributed by atoms with van der Waals surface area (Å²) in [6.07, 6.45) is -0.720. The average molecular weight is 473 g/mol. The number of phenols is 1. The number of carbonyl (C=O) groups excluding carboxylic acids is 1. The van der Waals surface area contributed by atoms with Gasteiger partial charge in [0.2, 0.25) is 0 Å². The normalized spacial score (nSPS) is 12.3. The van der Waals surface area contributed by atoms with Gasteiger partial charge in [-0.15, -0.1) is 0 Å². The number of nitro groups is 1.